The summed E-state index contributed by atoms with van der Waals surface area (Å²) in [6.07, 6.45) is 1.36. The highest BCUT2D eigenvalue weighted by Gasteiger charge is 2.19. The Kier molecular flexibility index (Phi) is 6.62. The molecule has 38 heavy (non-hydrogen) atoms. The van der Waals surface area contributed by atoms with Crippen molar-refractivity contribution < 1.29 is 4.74 Å². The second-order valence-electron chi connectivity index (χ2n) is 9.04. The lowest BCUT2D eigenvalue weighted by Gasteiger charge is -2.19. The number of nitrogen functional groups attached to an aromatic ring is 1. The zero-order chi connectivity index (χ0) is 26.8. The number of nitrogens with two attached hydrogens (primary N) is 1. The predicted octanol–water partition coefficient (Wildman–Crippen LogP) is 5.02. The zero-order valence-corrected chi connectivity index (χ0v) is 21.4. The molecule has 0 bridgehead atoms. The van der Waals surface area contributed by atoms with E-state index in [1.807, 2.05) is 80.6 Å². The summed E-state index contributed by atoms with van der Waals surface area (Å²) in [6, 6.07) is 22.9. The summed E-state index contributed by atoms with van der Waals surface area (Å²) in [4.78, 5) is 22.4. The molecule has 3 aromatic carbocycles. The highest BCUT2D eigenvalue weighted by Crippen LogP contribution is 2.25. The average molecular weight is 505 g/mol. The van der Waals surface area contributed by atoms with Crippen molar-refractivity contribution in [2.24, 2.45) is 0 Å². The lowest BCUT2D eigenvalue weighted by molar-refractivity contribution is 0.414. The fourth-order valence-electron chi connectivity index (χ4n) is 4.67. The monoisotopic (exact) mass is 504 g/mol. The Bertz CT molecular complexity index is 1740. The maximum atomic E-state index is 13.9. The molecule has 0 saturated carbocycles. The van der Waals surface area contributed by atoms with Crippen LogP contribution in [0.5, 0.6) is 5.75 Å². The lowest BCUT2D eigenvalue weighted by Crippen LogP contribution is -2.25. The second kappa shape index (κ2) is 10.2. The molecule has 0 aliphatic carbocycles. The molecule has 0 amide bonds. The van der Waals surface area contributed by atoms with Gasteiger partial charge in [0.2, 0.25) is 0 Å². The van der Waals surface area contributed by atoms with E-state index < -0.39 is 0 Å². The van der Waals surface area contributed by atoms with E-state index >= 15 is 0 Å². The minimum Gasteiger partial charge on any atom is -0.497 e. The van der Waals surface area contributed by atoms with Gasteiger partial charge in [-0.3, -0.25) is 14.8 Å². The molecule has 0 fully saturated rings. The zero-order valence-electron chi connectivity index (χ0n) is 21.4. The van der Waals surface area contributed by atoms with Crippen molar-refractivity contribution in [1.29, 1.82) is 5.41 Å². The number of hydrogen-bond donors (Lipinski definition) is 3. The third-order valence-corrected chi connectivity index (χ3v) is 6.61. The Balaban J connectivity index is 1.60. The minimum absolute atomic E-state index is 0.0850. The number of fused-ring (bicyclic) bond motifs is 1. The first-order valence-electron chi connectivity index (χ1n) is 12.2. The van der Waals surface area contributed by atoms with Gasteiger partial charge in [0.05, 0.1) is 36.0 Å². The molecular weight excluding hydrogens is 476 g/mol. The van der Waals surface area contributed by atoms with Crippen LogP contribution in [0.25, 0.3) is 16.5 Å². The van der Waals surface area contributed by atoms with Gasteiger partial charge in [0.1, 0.15) is 23.7 Å². The molecule has 8 nitrogen and oxygen atoms in total. The molecule has 2 heterocycles. The van der Waals surface area contributed by atoms with E-state index in [1.54, 1.807) is 17.7 Å². The second-order valence-corrected chi connectivity index (χ2v) is 9.04. The van der Waals surface area contributed by atoms with Gasteiger partial charge in [0.15, 0.2) is 0 Å². The molecule has 0 spiro atoms. The number of aromatic nitrogens is 3. The largest absolute Gasteiger partial charge is 0.497 e. The third kappa shape index (κ3) is 4.48. The standard InChI is InChI=1S/C30H28N6O2/c1-18-8-4-5-13-24(18)36-22(14-20-10-6-9-19(2)25(20)30(36)37)16-33-29-26(28(32)34-17-35-29)27(31)21-11-7-12-23(15-21)38-3/h4-15,17,31H,16H2,1-3H3,(H3,32,33,34,35). The third-order valence-electron chi connectivity index (χ3n) is 6.61. The van der Waals surface area contributed by atoms with Gasteiger partial charge in [0, 0.05) is 11.3 Å². The van der Waals surface area contributed by atoms with Crippen LogP contribution in [0.2, 0.25) is 0 Å². The molecule has 0 aliphatic heterocycles. The van der Waals surface area contributed by atoms with E-state index in [-0.39, 0.29) is 23.6 Å². The van der Waals surface area contributed by atoms with Crippen LogP contribution < -0.4 is 21.3 Å². The molecule has 2 aromatic heterocycles. The molecule has 0 atom stereocenters. The summed E-state index contributed by atoms with van der Waals surface area (Å²) in [5.41, 5.74) is 10.8. The molecule has 0 aliphatic rings. The number of benzene rings is 3. The van der Waals surface area contributed by atoms with Crippen molar-refractivity contribution in [1.82, 2.24) is 14.5 Å². The summed E-state index contributed by atoms with van der Waals surface area (Å²) in [6.45, 7) is 4.20. The van der Waals surface area contributed by atoms with Crippen molar-refractivity contribution in [3.63, 3.8) is 0 Å². The Labute approximate surface area is 220 Å². The van der Waals surface area contributed by atoms with Crippen LogP contribution in [0.3, 0.4) is 0 Å². The molecule has 0 unspecified atom stereocenters. The fourth-order valence-corrected chi connectivity index (χ4v) is 4.67. The number of aryl methyl sites for hydroxylation is 2. The van der Waals surface area contributed by atoms with Gasteiger partial charge in [-0.25, -0.2) is 9.97 Å². The quantitative estimate of drug-likeness (QED) is 0.268. The van der Waals surface area contributed by atoms with Crippen LogP contribution in [0.4, 0.5) is 11.6 Å². The van der Waals surface area contributed by atoms with E-state index in [0.29, 0.717) is 28.1 Å². The van der Waals surface area contributed by atoms with Gasteiger partial charge < -0.3 is 15.8 Å². The fraction of sp³-hybridized carbons (Fsp3) is 0.133. The molecule has 0 saturated heterocycles. The van der Waals surface area contributed by atoms with E-state index in [0.717, 1.165) is 27.9 Å². The molecular formula is C30H28N6O2. The van der Waals surface area contributed by atoms with Crippen LogP contribution in [-0.2, 0) is 6.54 Å². The summed E-state index contributed by atoms with van der Waals surface area (Å²) >= 11 is 0. The number of anilines is 2. The number of nitrogens with zero attached hydrogens (tertiary/aromatic N) is 3. The minimum atomic E-state index is -0.0850. The van der Waals surface area contributed by atoms with Crippen molar-refractivity contribution >= 4 is 28.1 Å². The predicted molar refractivity (Wildman–Crippen MR) is 152 cm³/mol. The summed E-state index contributed by atoms with van der Waals surface area (Å²) in [7, 11) is 1.58. The molecule has 8 heteroatoms. The number of para-hydroxylation sites is 1. The summed E-state index contributed by atoms with van der Waals surface area (Å²) in [5, 5.41) is 13.7. The number of ether oxygens (including phenoxy) is 1. The number of hydrogen-bond acceptors (Lipinski definition) is 7. The Morgan fingerprint density at radius 1 is 1.00 bits per heavy atom. The van der Waals surface area contributed by atoms with Gasteiger partial charge in [-0.2, -0.15) is 0 Å². The Morgan fingerprint density at radius 3 is 2.55 bits per heavy atom. The van der Waals surface area contributed by atoms with Crippen LogP contribution >= 0.6 is 0 Å². The van der Waals surface area contributed by atoms with Crippen molar-refractivity contribution in [3.8, 4) is 11.4 Å². The number of pyridine rings is 1. The van der Waals surface area contributed by atoms with E-state index in [2.05, 4.69) is 15.3 Å². The SMILES string of the molecule is COc1cccc(C(=N)c2c(N)ncnc2NCc2cc3cccc(C)c3c(=O)n2-c2ccccc2C)c1. The Hall–Kier alpha value is -4.98. The number of methoxy groups -OCH3 is 1. The van der Waals surface area contributed by atoms with Gasteiger partial charge in [-0.15, -0.1) is 0 Å². The van der Waals surface area contributed by atoms with Crippen molar-refractivity contribution in [3.05, 3.63) is 117 Å². The Morgan fingerprint density at radius 2 is 1.76 bits per heavy atom. The number of nitrogens with one attached hydrogen (secondary N) is 2. The number of rotatable bonds is 7. The van der Waals surface area contributed by atoms with E-state index in [9.17, 15) is 4.79 Å². The summed E-state index contributed by atoms with van der Waals surface area (Å²) in [5.74, 6) is 1.21. The highest BCUT2D eigenvalue weighted by atomic mass is 16.5. The molecule has 4 N–H and O–H groups in total. The molecule has 190 valence electrons. The first-order valence-corrected chi connectivity index (χ1v) is 12.2. The lowest BCUT2D eigenvalue weighted by atomic mass is 10.0. The van der Waals surface area contributed by atoms with Crippen LogP contribution in [-0.4, -0.2) is 27.4 Å². The molecule has 5 rings (SSSR count). The van der Waals surface area contributed by atoms with E-state index in [4.69, 9.17) is 15.9 Å². The van der Waals surface area contributed by atoms with Gasteiger partial charge >= 0.3 is 0 Å². The highest BCUT2D eigenvalue weighted by molar-refractivity contribution is 6.16. The maximum Gasteiger partial charge on any atom is 0.263 e. The van der Waals surface area contributed by atoms with Crippen LogP contribution in [0.15, 0.2) is 83.9 Å². The van der Waals surface area contributed by atoms with Crippen LogP contribution in [0, 0.1) is 19.3 Å². The molecule has 5 aromatic rings. The average Bonchev–Trinajstić information content (AvgIpc) is 2.92. The smallest absolute Gasteiger partial charge is 0.263 e. The van der Waals surface area contributed by atoms with Crippen molar-refractivity contribution in [2.75, 3.05) is 18.2 Å². The molecule has 0 radical (unpaired) electrons. The van der Waals surface area contributed by atoms with Gasteiger partial charge in [0.25, 0.3) is 5.56 Å². The maximum absolute atomic E-state index is 13.9. The summed E-state index contributed by atoms with van der Waals surface area (Å²) < 4.78 is 7.06. The first-order chi connectivity index (χ1) is 18.4. The first kappa shape index (κ1) is 24.7. The van der Waals surface area contributed by atoms with Gasteiger partial charge in [-0.05, 0) is 54.6 Å². The normalized spacial score (nSPS) is 10.9. The van der Waals surface area contributed by atoms with Gasteiger partial charge in [-0.1, -0.05) is 48.5 Å². The van der Waals surface area contributed by atoms with E-state index in [1.165, 1.54) is 6.33 Å². The van der Waals surface area contributed by atoms with Crippen LogP contribution in [0.1, 0.15) is 27.9 Å². The van der Waals surface area contributed by atoms with Crippen molar-refractivity contribution in [2.45, 2.75) is 20.4 Å². The topological polar surface area (TPSA) is 119 Å².